The van der Waals surface area contributed by atoms with E-state index >= 15 is 0 Å². The molecule has 0 bridgehead atoms. The molecular weight excluding hydrogens is 381 g/mol. The Hall–Kier alpha value is -2.79. The van der Waals surface area contributed by atoms with E-state index in [0.717, 1.165) is 23.3 Å². The third kappa shape index (κ3) is 5.29. The molecule has 0 radical (unpaired) electrons. The molecule has 1 aliphatic rings. The number of hydrogen-bond acceptors (Lipinski definition) is 4. The van der Waals surface area contributed by atoms with E-state index in [1.807, 2.05) is 36.8 Å². The molecule has 0 spiro atoms. The molecule has 0 atom stereocenters. The molecule has 3 aromatic rings. The molecule has 0 unspecified atom stereocenters. The van der Waals surface area contributed by atoms with Crippen molar-refractivity contribution in [2.45, 2.75) is 38.5 Å². The summed E-state index contributed by atoms with van der Waals surface area (Å²) in [5.74, 6) is 0.552. The Labute approximate surface area is 185 Å². The second-order valence-electron chi connectivity index (χ2n) is 8.17. The summed E-state index contributed by atoms with van der Waals surface area (Å²) in [6, 6.07) is 18.5. The smallest absolute Gasteiger partial charge is 0.290 e. The predicted octanol–water partition coefficient (Wildman–Crippen LogP) is 4.09. The highest BCUT2D eigenvalue weighted by molar-refractivity contribution is 6.98. The van der Waals surface area contributed by atoms with Crippen molar-refractivity contribution >= 4 is 23.4 Å². The lowest BCUT2D eigenvalue weighted by atomic mass is 9.37. The lowest BCUT2D eigenvalue weighted by Gasteiger charge is -2.29. The first-order valence-electron chi connectivity index (χ1n) is 11.3. The largest absolute Gasteiger partial charge is 0.384 e. The maximum atomic E-state index is 5.55. The van der Waals surface area contributed by atoms with Gasteiger partial charge in [-0.3, -0.25) is 15.0 Å². The van der Waals surface area contributed by atoms with E-state index in [4.69, 9.17) is 19.7 Å². The van der Waals surface area contributed by atoms with Crippen LogP contribution in [-0.2, 0) is 4.74 Å². The van der Waals surface area contributed by atoms with E-state index in [2.05, 4.69) is 36.4 Å². The van der Waals surface area contributed by atoms with Crippen molar-refractivity contribution in [2.24, 2.45) is 5.92 Å². The molecule has 3 heterocycles. The fourth-order valence-electron chi connectivity index (χ4n) is 4.78. The summed E-state index contributed by atoms with van der Waals surface area (Å²) in [7, 11) is 1.79. The second-order valence-corrected chi connectivity index (χ2v) is 8.17. The highest BCUT2D eigenvalue weighted by Crippen LogP contribution is 2.36. The zero-order chi connectivity index (χ0) is 21.3. The Morgan fingerprint density at radius 2 is 1.45 bits per heavy atom. The second kappa shape index (κ2) is 11.0. The molecule has 4 nitrogen and oxygen atoms in total. The Balaban J connectivity index is 1.95. The van der Waals surface area contributed by atoms with Crippen LogP contribution in [0.2, 0.25) is 0 Å². The summed E-state index contributed by atoms with van der Waals surface area (Å²) in [5, 5.41) is 0. The zero-order valence-corrected chi connectivity index (χ0v) is 18.3. The molecule has 1 aliphatic carbocycles. The van der Waals surface area contributed by atoms with Crippen molar-refractivity contribution < 1.29 is 4.74 Å². The first-order chi connectivity index (χ1) is 15.4. The van der Waals surface area contributed by atoms with Gasteiger partial charge in [0, 0.05) is 43.5 Å². The van der Waals surface area contributed by atoms with Gasteiger partial charge in [0.2, 0.25) is 0 Å². The number of rotatable bonds is 8. The molecule has 0 N–H and O–H groups in total. The van der Waals surface area contributed by atoms with Gasteiger partial charge in [-0.2, -0.15) is 0 Å². The number of aromatic nitrogens is 3. The molecule has 0 aliphatic heterocycles. The number of methoxy groups -OCH3 is 1. The Morgan fingerprint density at radius 3 is 1.97 bits per heavy atom. The van der Waals surface area contributed by atoms with Gasteiger partial charge in [-0.05, 0) is 67.1 Å². The van der Waals surface area contributed by atoms with Crippen molar-refractivity contribution in [3.05, 3.63) is 84.5 Å². The van der Waals surface area contributed by atoms with Gasteiger partial charge in [0.05, 0.1) is 5.69 Å². The summed E-state index contributed by atoms with van der Waals surface area (Å²) in [6.07, 6.45) is 12.9. The first kappa shape index (κ1) is 21.4. The SMILES string of the molecule is COCC/C(=C(\B(c1ccccn1)c1ccccn1)c1ccccn1)C1CCCCC1. The number of hydrogen-bond donors (Lipinski definition) is 0. The third-order valence-corrected chi connectivity index (χ3v) is 6.22. The minimum atomic E-state index is -0.0638. The van der Waals surface area contributed by atoms with Gasteiger partial charge in [0.25, 0.3) is 6.71 Å². The van der Waals surface area contributed by atoms with Gasteiger partial charge in [-0.1, -0.05) is 43.0 Å². The van der Waals surface area contributed by atoms with Crippen LogP contribution in [0, 0.1) is 5.92 Å². The Bertz CT molecular complexity index is 918. The zero-order valence-electron chi connectivity index (χ0n) is 18.3. The van der Waals surface area contributed by atoms with Crippen LogP contribution >= 0.6 is 0 Å². The van der Waals surface area contributed by atoms with Gasteiger partial charge in [-0.25, -0.2) is 0 Å². The fraction of sp³-hybridized carbons (Fsp3) is 0.346. The quantitative estimate of drug-likeness (QED) is 0.524. The van der Waals surface area contributed by atoms with Crippen molar-refractivity contribution in [1.82, 2.24) is 15.0 Å². The number of ether oxygens (including phenoxy) is 1. The molecule has 158 valence electrons. The van der Waals surface area contributed by atoms with Crippen LogP contribution in [-0.4, -0.2) is 35.4 Å². The van der Waals surface area contributed by atoms with Crippen molar-refractivity contribution in [1.29, 1.82) is 0 Å². The van der Waals surface area contributed by atoms with E-state index in [1.165, 1.54) is 43.1 Å². The van der Waals surface area contributed by atoms with Crippen LogP contribution in [0.4, 0.5) is 0 Å². The minimum absolute atomic E-state index is 0.0638. The van der Waals surface area contributed by atoms with Gasteiger partial charge in [0.15, 0.2) is 0 Å². The molecule has 3 aromatic heterocycles. The molecule has 0 aromatic carbocycles. The lowest BCUT2D eigenvalue weighted by Crippen LogP contribution is -2.47. The average Bonchev–Trinajstić information content (AvgIpc) is 2.86. The topological polar surface area (TPSA) is 47.9 Å². The highest BCUT2D eigenvalue weighted by Gasteiger charge is 2.33. The number of nitrogens with zero attached hydrogens (tertiary/aromatic N) is 3. The van der Waals surface area contributed by atoms with Crippen LogP contribution in [0.25, 0.3) is 5.47 Å². The van der Waals surface area contributed by atoms with Gasteiger partial charge in [0.1, 0.15) is 0 Å². The van der Waals surface area contributed by atoms with Crippen molar-refractivity contribution in [2.75, 3.05) is 13.7 Å². The molecule has 31 heavy (non-hydrogen) atoms. The van der Waals surface area contributed by atoms with Crippen LogP contribution in [0.5, 0.6) is 0 Å². The van der Waals surface area contributed by atoms with Gasteiger partial charge >= 0.3 is 0 Å². The van der Waals surface area contributed by atoms with Crippen LogP contribution in [0.3, 0.4) is 0 Å². The molecule has 5 heteroatoms. The molecule has 0 amide bonds. The minimum Gasteiger partial charge on any atom is -0.384 e. The summed E-state index contributed by atoms with van der Waals surface area (Å²) in [5.41, 5.74) is 5.74. The summed E-state index contributed by atoms with van der Waals surface area (Å²) < 4.78 is 5.55. The first-order valence-corrected chi connectivity index (χ1v) is 11.3. The third-order valence-electron chi connectivity index (χ3n) is 6.22. The van der Waals surface area contributed by atoms with E-state index < -0.39 is 0 Å². The Morgan fingerprint density at radius 1 is 0.839 bits per heavy atom. The average molecular weight is 411 g/mol. The van der Waals surface area contributed by atoms with E-state index in [-0.39, 0.29) is 6.71 Å². The highest BCUT2D eigenvalue weighted by atomic mass is 16.5. The molecule has 4 rings (SSSR count). The molecule has 1 fully saturated rings. The summed E-state index contributed by atoms with van der Waals surface area (Å²) >= 11 is 0. The van der Waals surface area contributed by atoms with E-state index in [0.29, 0.717) is 12.5 Å². The number of pyridine rings is 3. The van der Waals surface area contributed by atoms with Gasteiger partial charge in [-0.15, -0.1) is 0 Å². The molecule has 0 saturated heterocycles. The summed E-state index contributed by atoms with van der Waals surface area (Å²) in [4.78, 5) is 14.4. The van der Waals surface area contributed by atoms with Crippen LogP contribution in [0.15, 0.2) is 78.8 Å². The van der Waals surface area contributed by atoms with E-state index in [9.17, 15) is 0 Å². The van der Waals surface area contributed by atoms with Crippen molar-refractivity contribution in [3.63, 3.8) is 0 Å². The monoisotopic (exact) mass is 411 g/mol. The normalized spacial score (nSPS) is 15.4. The fourth-order valence-corrected chi connectivity index (χ4v) is 4.78. The summed E-state index contributed by atoms with van der Waals surface area (Å²) in [6.45, 7) is 0.644. The Kier molecular flexibility index (Phi) is 7.62. The molecule has 1 saturated carbocycles. The van der Waals surface area contributed by atoms with Gasteiger partial charge < -0.3 is 4.74 Å². The maximum absolute atomic E-state index is 5.55. The molecular formula is C26H30BN3O. The lowest BCUT2D eigenvalue weighted by molar-refractivity contribution is 0.198. The maximum Gasteiger partial charge on any atom is 0.290 e. The van der Waals surface area contributed by atoms with Crippen LogP contribution in [0.1, 0.15) is 44.2 Å². The van der Waals surface area contributed by atoms with E-state index in [1.54, 1.807) is 7.11 Å². The predicted molar refractivity (Wildman–Crippen MR) is 128 cm³/mol. The van der Waals surface area contributed by atoms with Crippen LogP contribution < -0.4 is 11.2 Å². The standard InChI is InChI=1S/C26H30BN3O/c1-31-20-16-22(21-11-3-2-4-12-21)26(23-13-5-8-17-28-23)27(24-14-6-9-18-29-24)25-15-7-10-19-30-25/h5-10,13-15,17-19,21H,2-4,11-12,16,20H2,1H3/b26-22+. The van der Waals surface area contributed by atoms with Crippen molar-refractivity contribution in [3.8, 4) is 0 Å².